The van der Waals surface area contributed by atoms with Gasteiger partial charge in [0.25, 0.3) is 11.1 Å². The molecule has 0 aliphatic carbocycles. The Balaban J connectivity index is 1.02. The van der Waals surface area contributed by atoms with E-state index in [2.05, 4.69) is 10.2 Å². The van der Waals surface area contributed by atoms with Gasteiger partial charge in [0, 0.05) is 66.3 Å². The molecule has 0 saturated carbocycles. The highest BCUT2D eigenvalue weighted by molar-refractivity contribution is 8.18. The molecule has 0 unspecified atom stereocenters. The van der Waals surface area contributed by atoms with E-state index in [1.165, 1.54) is 0 Å². The van der Waals surface area contributed by atoms with Crippen LogP contribution in [0.3, 0.4) is 0 Å². The molecule has 12 heteroatoms. The van der Waals surface area contributed by atoms with Crippen LogP contribution < -0.4 is 19.7 Å². The lowest BCUT2D eigenvalue weighted by Gasteiger charge is -2.36. The van der Waals surface area contributed by atoms with E-state index in [1.54, 1.807) is 39.9 Å². The fraction of sp³-hybridized carbons (Fsp3) is 0.212. The number of hydrogen-bond acceptors (Lipinski definition) is 8. The van der Waals surface area contributed by atoms with Gasteiger partial charge >= 0.3 is 0 Å². The Kier molecular flexibility index (Phi) is 7.64. The first-order valence-electron chi connectivity index (χ1n) is 14.5. The number of imide groups is 1. The molecule has 1 aromatic heterocycles. The summed E-state index contributed by atoms with van der Waals surface area (Å²) in [5.74, 6) is 0.201. The molecule has 4 heterocycles. The number of nitrogens with zero attached hydrogens (tertiary/aromatic N) is 4. The average Bonchev–Trinajstić information content (AvgIpc) is 3.74. The summed E-state index contributed by atoms with van der Waals surface area (Å²) < 4.78 is 12.5. The fourth-order valence-corrected chi connectivity index (χ4v) is 6.55. The van der Waals surface area contributed by atoms with Gasteiger partial charge in [-0.3, -0.25) is 24.1 Å². The quantitative estimate of drug-likeness (QED) is 0.302. The van der Waals surface area contributed by atoms with E-state index in [0.717, 1.165) is 33.3 Å². The zero-order chi connectivity index (χ0) is 30.9. The lowest BCUT2D eigenvalue weighted by molar-refractivity contribution is -0.136. The monoisotopic (exact) mass is 623 g/mol. The number of rotatable bonds is 7. The van der Waals surface area contributed by atoms with Crippen LogP contribution in [0.25, 0.3) is 17.0 Å². The van der Waals surface area contributed by atoms with Gasteiger partial charge in [-0.1, -0.05) is 36.4 Å². The molecular formula is C33H29N5O6S. The third kappa shape index (κ3) is 5.84. The highest BCUT2D eigenvalue weighted by Gasteiger charge is 2.37. The first-order valence-corrected chi connectivity index (χ1v) is 15.3. The smallest absolute Gasteiger partial charge is 0.294 e. The summed E-state index contributed by atoms with van der Waals surface area (Å²) in [5, 5.41) is 3.23. The summed E-state index contributed by atoms with van der Waals surface area (Å²) >= 11 is 0.815. The Morgan fingerprint density at radius 2 is 1.62 bits per heavy atom. The molecule has 3 aromatic carbocycles. The number of para-hydroxylation sites is 2. The summed E-state index contributed by atoms with van der Waals surface area (Å²) in [4.78, 5) is 57.4. The maximum Gasteiger partial charge on any atom is 0.294 e. The molecule has 0 radical (unpaired) electrons. The summed E-state index contributed by atoms with van der Waals surface area (Å²) in [6, 6.07) is 22.8. The van der Waals surface area contributed by atoms with Crippen molar-refractivity contribution in [2.24, 2.45) is 0 Å². The molecule has 2 saturated heterocycles. The minimum Gasteiger partial charge on any atom is -0.454 e. The van der Waals surface area contributed by atoms with Gasteiger partial charge in [0.2, 0.25) is 18.6 Å². The largest absolute Gasteiger partial charge is 0.454 e. The number of carbonyl (C=O) groups excluding carboxylic acids is 4. The number of piperazine rings is 1. The number of amides is 4. The zero-order valence-electron chi connectivity index (χ0n) is 24.2. The normalized spacial score (nSPS) is 17.1. The number of benzene rings is 3. The van der Waals surface area contributed by atoms with Gasteiger partial charge in [-0.25, -0.2) is 0 Å². The maximum absolute atomic E-state index is 13.3. The SMILES string of the molecule is O=C(Cn1cc(/C=C2\SC(=O)N(CC(=O)N3CCN(c4ccccc4)CC3)C2=O)c2ccccc21)Nc1ccc2c(c1)OCO2. The second-order valence-electron chi connectivity index (χ2n) is 10.8. The first-order chi connectivity index (χ1) is 21.9. The number of anilines is 2. The van der Waals surface area contributed by atoms with E-state index in [4.69, 9.17) is 9.47 Å². The standard InChI is InChI=1S/C33H29N5O6S/c39-30(34-23-10-11-27-28(17-23)44-21-43-27)19-37-18-22(25-8-4-5-9-26(25)37)16-29-32(41)38(33(42)45-29)20-31(40)36-14-12-35(13-15-36)24-6-2-1-3-7-24/h1-11,16-18H,12-15,19-21H2,(H,34,39)/b29-16-. The Morgan fingerprint density at radius 1 is 0.867 bits per heavy atom. The Labute approximate surface area is 263 Å². The van der Waals surface area contributed by atoms with Crippen LogP contribution in [-0.4, -0.2) is 76.8 Å². The average molecular weight is 624 g/mol. The summed E-state index contributed by atoms with van der Waals surface area (Å²) in [6.45, 7) is 2.26. The first kappa shape index (κ1) is 28.5. The highest BCUT2D eigenvalue weighted by atomic mass is 32.2. The number of hydrogen-bond donors (Lipinski definition) is 1. The predicted molar refractivity (Wildman–Crippen MR) is 171 cm³/mol. The van der Waals surface area contributed by atoms with Crippen molar-refractivity contribution in [1.82, 2.24) is 14.4 Å². The molecule has 2 fully saturated rings. The van der Waals surface area contributed by atoms with Gasteiger partial charge < -0.3 is 29.2 Å². The summed E-state index contributed by atoms with van der Waals surface area (Å²) in [6.07, 6.45) is 3.44. The molecule has 3 aliphatic rings. The van der Waals surface area contributed by atoms with Gasteiger partial charge in [0.1, 0.15) is 13.1 Å². The van der Waals surface area contributed by atoms with Crippen molar-refractivity contribution in [3.8, 4) is 11.5 Å². The van der Waals surface area contributed by atoms with Crippen LogP contribution in [0.5, 0.6) is 11.5 Å². The number of fused-ring (bicyclic) bond motifs is 2. The van der Waals surface area contributed by atoms with E-state index in [9.17, 15) is 19.2 Å². The van der Waals surface area contributed by atoms with Gasteiger partial charge in [-0.05, 0) is 48.2 Å². The third-order valence-corrected chi connectivity index (χ3v) is 8.90. The van der Waals surface area contributed by atoms with Crippen molar-refractivity contribution >= 4 is 63.1 Å². The fourth-order valence-electron chi connectivity index (χ4n) is 5.72. The van der Waals surface area contributed by atoms with Crippen molar-refractivity contribution in [1.29, 1.82) is 0 Å². The molecule has 0 spiro atoms. The maximum atomic E-state index is 13.3. The molecule has 3 aliphatic heterocycles. The molecule has 0 bridgehead atoms. The van der Waals surface area contributed by atoms with E-state index in [-0.39, 0.29) is 36.6 Å². The lowest BCUT2D eigenvalue weighted by Crippen LogP contribution is -2.51. The Morgan fingerprint density at radius 3 is 2.44 bits per heavy atom. The number of carbonyl (C=O) groups is 4. The molecule has 7 rings (SSSR count). The van der Waals surface area contributed by atoms with Crippen LogP contribution in [0.15, 0.2) is 83.9 Å². The van der Waals surface area contributed by atoms with Crippen LogP contribution >= 0.6 is 11.8 Å². The van der Waals surface area contributed by atoms with Crippen LogP contribution in [0.2, 0.25) is 0 Å². The Hall–Kier alpha value is -5.23. The third-order valence-electron chi connectivity index (χ3n) is 8.00. The number of aromatic nitrogens is 1. The topological polar surface area (TPSA) is 113 Å². The van der Waals surface area contributed by atoms with Crippen LogP contribution in [0.4, 0.5) is 16.2 Å². The van der Waals surface area contributed by atoms with Gasteiger partial charge in [-0.2, -0.15) is 0 Å². The summed E-state index contributed by atoms with van der Waals surface area (Å²) in [5.41, 5.74) is 3.18. The molecule has 1 N–H and O–H groups in total. The van der Waals surface area contributed by atoms with Crippen LogP contribution in [-0.2, 0) is 20.9 Å². The van der Waals surface area contributed by atoms with E-state index >= 15 is 0 Å². The highest BCUT2D eigenvalue weighted by Crippen LogP contribution is 2.35. The van der Waals surface area contributed by atoms with Gasteiger partial charge in [0.15, 0.2) is 11.5 Å². The van der Waals surface area contributed by atoms with Crippen LogP contribution in [0, 0.1) is 0 Å². The number of thioether (sulfide) groups is 1. The molecule has 11 nitrogen and oxygen atoms in total. The van der Waals surface area contributed by atoms with E-state index < -0.39 is 11.1 Å². The zero-order valence-corrected chi connectivity index (χ0v) is 25.0. The molecular weight excluding hydrogens is 594 g/mol. The number of ether oxygens (including phenoxy) is 2. The summed E-state index contributed by atoms with van der Waals surface area (Å²) in [7, 11) is 0. The second-order valence-corrected chi connectivity index (χ2v) is 11.8. The molecule has 45 heavy (non-hydrogen) atoms. The van der Waals surface area contributed by atoms with Crippen molar-refractivity contribution in [3.05, 3.63) is 89.5 Å². The molecule has 228 valence electrons. The minimum absolute atomic E-state index is 0.0241. The second kappa shape index (κ2) is 12.0. The van der Waals surface area contributed by atoms with Crippen molar-refractivity contribution in [2.75, 3.05) is 49.7 Å². The van der Waals surface area contributed by atoms with Gasteiger partial charge in [-0.15, -0.1) is 0 Å². The lowest BCUT2D eigenvalue weighted by atomic mass is 10.1. The molecule has 0 atom stereocenters. The van der Waals surface area contributed by atoms with E-state index in [1.807, 2.05) is 54.6 Å². The molecule has 4 amide bonds. The minimum atomic E-state index is -0.501. The van der Waals surface area contributed by atoms with Crippen molar-refractivity contribution < 1.29 is 28.7 Å². The predicted octanol–water partition coefficient (Wildman–Crippen LogP) is 4.39. The van der Waals surface area contributed by atoms with Gasteiger partial charge in [0.05, 0.1) is 4.91 Å². The molecule has 4 aromatic rings. The Bertz CT molecular complexity index is 1850. The van der Waals surface area contributed by atoms with Crippen LogP contribution in [0.1, 0.15) is 5.56 Å². The van der Waals surface area contributed by atoms with Crippen molar-refractivity contribution in [2.45, 2.75) is 6.54 Å². The number of nitrogens with one attached hydrogen (secondary N) is 1. The van der Waals surface area contributed by atoms with Crippen molar-refractivity contribution in [3.63, 3.8) is 0 Å². The van der Waals surface area contributed by atoms with E-state index in [0.29, 0.717) is 48.9 Å².